The number of hydrogen-bond acceptors (Lipinski definition) is 5. The Bertz CT molecular complexity index is 950. The van der Waals surface area contributed by atoms with Gasteiger partial charge in [0, 0.05) is 23.7 Å². The normalized spacial score (nSPS) is 30.7. The number of urea groups is 1. The molecule has 4 aliphatic carbocycles. The number of carbonyl (C=O) groups is 2. The molecule has 3 amide bonds. The van der Waals surface area contributed by atoms with Gasteiger partial charge >= 0.3 is 6.03 Å². The summed E-state index contributed by atoms with van der Waals surface area (Å²) in [4.78, 5) is 32.5. The molecule has 4 aliphatic rings. The predicted octanol–water partition coefficient (Wildman–Crippen LogP) is 3.66. The van der Waals surface area contributed by atoms with Crippen molar-refractivity contribution in [2.24, 2.45) is 17.8 Å². The summed E-state index contributed by atoms with van der Waals surface area (Å²) in [5.74, 6) is 1.92. The first-order valence-electron chi connectivity index (χ1n) is 10.7. The zero-order valence-electron chi connectivity index (χ0n) is 17.4. The van der Waals surface area contributed by atoms with Crippen molar-refractivity contribution in [1.82, 2.24) is 24.9 Å². The number of hydrogen-bond donors (Lipinski definition) is 2. The van der Waals surface area contributed by atoms with Crippen LogP contribution in [0.2, 0.25) is 5.15 Å². The molecule has 2 aromatic heterocycles. The minimum Gasteiger partial charge on any atom is -0.332 e. The van der Waals surface area contributed by atoms with Crippen LogP contribution < -0.4 is 10.6 Å². The molecule has 30 heavy (non-hydrogen) atoms. The van der Waals surface area contributed by atoms with Crippen molar-refractivity contribution >= 4 is 39.8 Å². The topological polar surface area (TPSA) is 78.7 Å². The molecule has 9 heteroatoms. The van der Waals surface area contributed by atoms with Gasteiger partial charge in [-0.2, -0.15) is 0 Å². The highest BCUT2D eigenvalue weighted by Gasteiger charge is 2.51. The lowest BCUT2D eigenvalue weighted by molar-refractivity contribution is -0.124. The van der Waals surface area contributed by atoms with Crippen LogP contribution in [0.1, 0.15) is 51.1 Å². The number of amides is 3. The molecule has 2 heterocycles. The van der Waals surface area contributed by atoms with Gasteiger partial charge in [-0.3, -0.25) is 19.4 Å². The van der Waals surface area contributed by atoms with E-state index in [1.54, 1.807) is 6.92 Å². The standard InChI is InChI=1S/C21H28ClN5O2S/c1-12(26(2)11-16-17(22)23-20-27(16)3-4-30-20)18(28)24-19(29)25-21-8-13-5-14(9-21)7-15(6-13)10-21/h3-4,12-15H,5-11H2,1-2H3,(H2,24,25,28,29)/t12-,13?,14?,15?,21?/m1/s1. The van der Waals surface area contributed by atoms with E-state index >= 15 is 0 Å². The Labute approximate surface area is 185 Å². The van der Waals surface area contributed by atoms with Crippen molar-refractivity contribution in [3.8, 4) is 0 Å². The van der Waals surface area contributed by atoms with Crippen LogP contribution in [0.15, 0.2) is 11.6 Å². The summed E-state index contributed by atoms with van der Waals surface area (Å²) in [5.41, 5.74) is 0.734. The van der Waals surface area contributed by atoms with Crippen molar-refractivity contribution in [2.45, 2.75) is 63.6 Å². The van der Waals surface area contributed by atoms with Crippen molar-refractivity contribution in [2.75, 3.05) is 7.05 Å². The lowest BCUT2D eigenvalue weighted by Crippen LogP contribution is -2.62. The number of thiazole rings is 1. The van der Waals surface area contributed by atoms with Gasteiger partial charge in [0.2, 0.25) is 5.91 Å². The highest BCUT2D eigenvalue weighted by molar-refractivity contribution is 7.15. The molecule has 4 fully saturated rings. The molecule has 6 rings (SSSR count). The monoisotopic (exact) mass is 449 g/mol. The molecule has 0 radical (unpaired) electrons. The van der Waals surface area contributed by atoms with Crippen molar-refractivity contribution in [3.05, 3.63) is 22.4 Å². The van der Waals surface area contributed by atoms with E-state index in [1.807, 2.05) is 27.9 Å². The molecule has 0 aromatic carbocycles. The maximum Gasteiger partial charge on any atom is 0.321 e. The molecule has 0 spiro atoms. The van der Waals surface area contributed by atoms with E-state index in [2.05, 4.69) is 15.6 Å². The first-order chi connectivity index (χ1) is 14.3. The first kappa shape index (κ1) is 20.3. The smallest absolute Gasteiger partial charge is 0.321 e. The molecule has 7 nitrogen and oxygen atoms in total. The van der Waals surface area contributed by atoms with Gasteiger partial charge < -0.3 is 5.32 Å². The predicted molar refractivity (Wildman–Crippen MR) is 117 cm³/mol. The SMILES string of the molecule is C[C@H](C(=O)NC(=O)NC12CC3CC(CC(C3)C1)C2)N(C)Cc1c(Cl)nc2sccn12. The molecular formula is C21H28ClN5O2S. The average Bonchev–Trinajstić information content (AvgIpc) is 3.21. The fourth-order valence-electron chi connectivity index (χ4n) is 6.27. The number of rotatable bonds is 5. The van der Waals surface area contributed by atoms with Crippen molar-refractivity contribution < 1.29 is 9.59 Å². The van der Waals surface area contributed by atoms with Crippen LogP contribution in [0, 0.1) is 17.8 Å². The lowest BCUT2D eigenvalue weighted by atomic mass is 9.53. The second-order valence-corrected chi connectivity index (χ2v) is 10.9. The fraction of sp³-hybridized carbons (Fsp3) is 0.667. The Balaban J connectivity index is 1.19. The van der Waals surface area contributed by atoms with E-state index in [0.29, 0.717) is 11.7 Å². The highest BCUT2D eigenvalue weighted by Crippen LogP contribution is 2.55. The van der Waals surface area contributed by atoms with E-state index in [-0.39, 0.29) is 17.5 Å². The van der Waals surface area contributed by atoms with Crippen molar-refractivity contribution in [3.63, 3.8) is 0 Å². The maximum atomic E-state index is 12.7. The first-order valence-corrected chi connectivity index (χ1v) is 12.0. The van der Waals surface area contributed by atoms with E-state index in [1.165, 1.54) is 30.6 Å². The molecule has 2 aromatic rings. The molecule has 4 bridgehead atoms. The summed E-state index contributed by atoms with van der Waals surface area (Å²) in [6.45, 7) is 2.26. The number of fused-ring (bicyclic) bond motifs is 1. The number of imide groups is 1. The summed E-state index contributed by atoms with van der Waals surface area (Å²) in [5, 5.41) is 8.18. The molecule has 4 saturated carbocycles. The fourth-order valence-corrected chi connectivity index (χ4v) is 7.29. The number of nitrogens with one attached hydrogen (secondary N) is 2. The highest BCUT2D eigenvalue weighted by atomic mass is 35.5. The van der Waals surface area contributed by atoms with Crippen LogP contribution in [-0.2, 0) is 11.3 Å². The van der Waals surface area contributed by atoms with E-state index in [4.69, 9.17) is 11.6 Å². The van der Waals surface area contributed by atoms with Crippen LogP contribution in [0.25, 0.3) is 4.96 Å². The Kier molecular flexibility index (Phi) is 5.07. The average molecular weight is 450 g/mol. The van der Waals surface area contributed by atoms with Gasteiger partial charge in [0.1, 0.15) is 0 Å². The number of likely N-dealkylation sites (N-methyl/N-ethyl adjacent to an activating group) is 1. The lowest BCUT2D eigenvalue weighted by Gasteiger charge is -2.56. The number of imidazole rings is 1. The summed E-state index contributed by atoms with van der Waals surface area (Å²) < 4.78 is 1.94. The quantitative estimate of drug-likeness (QED) is 0.730. The molecule has 0 unspecified atom stereocenters. The minimum absolute atomic E-state index is 0.107. The molecule has 162 valence electrons. The van der Waals surface area contributed by atoms with Crippen LogP contribution in [-0.4, -0.2) is 44.9 Å². The third-order valence-electron chi connectivity index (χ3n) is 7.41. The van der Waals surface area contributed by atoms with Crippen LogP contribution in [0.5, 0.6) is 0 Å². The molecular weight excluding hydrogens is 422 g/mol. The Morgan fingerprint density at radius 3 is 2.57 bits per heavy atom. The van der Waals surface area contributed by atoms with Gasteiger partial charge in [-0.25, -0.2) is 9.78 Å². The Hall–Kier alpha value is -1.64. The third-order valence-corrected chi connectivity index (χ3v) is 8.46. The third kappa shape index (κ3) is 3.63. The Morgan fingerprint density at radius 2 is 1.93 bits per heavy atom. The van der Waals surface area contributed by atoms with Gasteiger partial charge in [0.25, 0.3) is 0 Å². The van der Waals surface area contributed by atoms with Gasteiger partial charge in [-0.15, -0.1) is 11.3 Å². The number of aromatic nitrogens is 2. The molecule has 0 aliphatic heterocycles. The van der Waals surface area contributed by atoms with E-state index in [0.717, 1.165) is 47.7 Å². The van der Waals surface area contributed by atoms with Gasteiger partial charge in [-0.1, -0.05) is 11.6 Å². The minimum atomic E-state index is -0.479. The summed E-state index contributed by atoms with van der Waals surface area (Å²) >= 11 is 7.79. The molecule has 1 atom stereocenters. The largest absolute Gasteiger partial charge is 0.332 e. The number of nitrogens with zero attached hydrogens (tertiary/aromatic N) is 3. The second-order valence-electron chi connectivity index (χ2n) is 9.64. The maximum absolute atomic E-state index is 12.7. The summed E-state index contributed by atoms with van der Waals surface area (Å²) in [7, 11) is 1.85. The van der Waals surface area contributed by atoms with Crippen LogP contribution >= 0.6 is 22.9 Å². The van der Waals surface area contributed by atoms with Crippen LogP contribution in [0.3, 0.4) is 0 Å². The zero-order valence-corrected chi connectivity index (χ0v) is 18.9. The molecule has 2 N–H and O–H groups in total. The van der Waals surface area contributed by atoms with Crippen LogP contribution in [0.4, 0.5) is 4.79 Å². The molecule has 0 saturated heterocycles. The zero-order chi connectivity index (χ0) is 21.0. The number of halogens is 1. The van der Waals surface area contributed by atoms with E-state index < -0.39 is 6.04 Å². The van der Waals surface area contributed by atoms with Gasteiger partial charge in [0.15, 0.2) is 10.1 Å². The van der Waals surface area contributed by atoms with E-state index in [9.17, 15) is 9.59 Å². The van der Waals surface area contributed by atoms with Gasteiger partial charge in [-0.05, 0) is 70.3 Å². The van der Waals surface area contributed by atoms with Gasteiger partial charge in [0.05, 0.1) is 11.7 Å². The Morgan fingerprint density at radius 1 is 1.30 bits per heavy atom. The second kappa shape index (κ2) is 7.50. The summed E-state index contributed by atoms with van der Waals surface area (Å²) in [6.07, 6.45) is 9.06. The summed E-state index contributed by atoms with van der Waals surface area (Å²) in [6, 6.07) is -0.836. The van der Waals surface area contributed by atoms with Crippen molar-refractivity contribution in [1.29, 1.82) is 0 Å². The number of carbonyl (C=O) groups excluding carboxylic acids is 2.